The average molecular weight is 767 g/mol. The molecule has 1 N–H and O–H groups in total. The molecule has 0 bridgehead atoms. The number of nitrogens with one attached hydrogen (secondary N) is 1. The highest BCUT2D eigenvalue weighted by atomic mass is 31.2. The van der Waals surface area contributed by atoms with E-state index in [1.807, 2.05) is 20.2 Å². The summed E-state index contributed by atoms with van der Waals surface area (Å²) < 4.78 is 0. The van der Waals surface area contributed by atoms with Crippen LogP contribution in [0, 0.1) is 0 Å². The van der Waals surface area contributed by atoms with E-state index in [4.69, 9.17) is 0 Å². The zero-order valence-corrected chi connectivity index (χ0v) is 35.4. The summed E-state index contributed by atoms with van der Waals surface area (Å²) in [7, 11) is 4.20. The number of nitrogens with zero attached hydrogens (tertiary/aromatic N) is 2. The summed E-state index contributed by atoms with van der Waals surface area (Å²) in [5, 5.41) is 9.76. The Hall–Kier alpha value is -4.77. The maximum atomic E-state index is 14.1. The molecular formula is C48H57N3O2PSi+. The van der Waals surface area contributed by atoms with E-state index in [2.05, 4.69) is 170 Å². The van der Waals surface area contributed by atoms with Crippen molar-refractivity contribution in [1.29, 1.82) is 0 Å². The summed E-state index contributed by atoms with van der Waals surface area (Å²) in [5.74, 6) is 0.261. The number of carbonyl (C=O) groups excluding carboxylic acids is 2. The predicted octanol–water partition coefficient (Wildman–Crippen LogP) is 7.65. The van der Waals surface area contributed by atoms with Gasteiger partial charge in [0.2, 0.25) is 5.91 Å². The van der Waals surface area contributed by atoms with Gasteiger partial charge in [-0.1, -0.05) is 79.8 Å². The summed E-state index contributed by atoms with van der Waals surface area (Å²) in [6.07, 6.45) is 10.5. The highest BCUT2D eigenvalue weighted by molar-refractivity contribution is 7.95. The molecule has 5 aromatic carbocycles. The lowest BCUT2D eigenvalue weighted by Crippen LogP contribution is -2.60. The van der Waals surface area contributed by atoms with Crippen molar-refractivity contribution in [3.05, 3.63) is 144 Å². The molecule has 284 valence electrons. The minimum absolute atomic E-state index is 0.127. The molecule has 55 heavy (non-hydrogen) atoms. The van der Waals surface area contributed by atoms with Crippen LogP contribution in [0.3, 0.4) is 0 Å². The molecule has 6 rings (SSSR count). The topological polar surface area (TPSA) is 52.6 Å². The summed E-state index contributed by atoms with van der Waals surface area (Å²) >= 11 is 0. The zero-order valence-electron chi connectivity index (χ0n) is 33.5. The van der Waals surface area contributed by atoms with Gasteiger partial charge in [-0.25, -0.2) is 0 Å². The SMILES string of the molecule is CN(C)c1ccc2c(c1)[Si](C)(C)c1cc(N(C)C)cc(/C=C/CCCCNC(=O)CCCC[P+](c3ccccc3)(c3ccccc3)c3ccccc3)c1C2=O. The lowest BCUT2D eigenvalue weighted by molar-refractivity contribution is -0.121. The number of anilines is 2. The number of benzene rings is 5. The van der Waals surface area contributed by atoms with E-state index in [-0.39, 0.29) is 11.7 Å². The number of rotatable bonds is 16. The number of hydrogen-bond acceptors (Lipinski definition) is 4. The first-order valence-corrected chi connectivity index (χ1v) is 24.7. The van der Waals surface area contributed by atoms with Crippen molar-refractivity contribution in [1.82, 2.24) is 5.32 Å². The molecule has 7 heteroatoms. The van der Waals surface area contributed by atoms with Gasteiger partial charge in [-0.05, 0) is 115 Å². The van der Waals surface area contributed by atoms with Gasteiger partial charge in [0.05, 0.1) is 6.16 Å². The number of ketones is 1. The molecule has 1 aliphatic rings. The van der Waals surface area contributed by atoms with Crippen LogP contribution in [0.15, 0.2) is 127 Å². The lowest BCUT2D eigenvalue weighted by Gasteiger charge is -2.35. The standard InChI is InChI=1S/C48H56N3O2PSi/c1-50(2)38-30-31-43-44(35-38)55(5,6)45-36-39(51(3)4)34-37(47(45)48(43)53)22-12-7-8-20-32-49-46(52)29-19-21-33-54(40-23-13-9-14-24-40,41-25-15-10-16-26-41)42-27-17-11-18-28-42/h9-18,22-28,30-31,34-36H,7-8,19-21,29,32-33H2,1-6H3/p+1/b22-12+. The number of hydrogen-bond donors (Lipinski definition) is 1. The van der Waals surface area contributed by atoms with E-state index >= 15 is 0 Å². The van der Waals surface area contributed by atoms with Crippen LogP contribution in [0.4, 0.5) is 11.4 Å². The van der Waals surface area contributed by atoms with Crippen LogP contribution in [0.25, 0.3) is 6.08 Å². The predicted molar refractivity (Wildman–Crippen MR) is 241 cm³/mol. The Bertz CT molecular complexity index is 2020. The molecule has 0 atom stereocenters. The fourth-order valence-corrected chi connectivity index (χ4v) is 15.5. The minimum Gasteiger partial charge on any atom is -0.378 e. The van der Waals surface area contributed by atoms with E-state index in [0.717, 1.165) is 66.3 Å². The third-order valence-corrected chi connectivity index (χ3v) is 19.2. The molecule has 0 radical (unpaired) electrons. The van der Waals surface area contributed by atoms with E-state index in [1.165, 1.54) is 26.3 Å². The van der Waals surface area contributed by atoms with Gasteiger partial charge < -0.3 is 15.1 Å². The van der Waals surface area contributed by atoms with Gasteiger partial charge >= 0.3 is 0 Å². The lowest BCUT2D eigenvalue weighted by atomic mass is 9.95. The summed E-state index contributed by atoms with van der Waals surface area (Å²) in [6, 6.07) is 43.6. The van der Waals surface area contributed by atoms with Gasteiger partial charge in [0.15, 0.2) is 5.78 Å². The molecule has 0 unspecified atom stereocenters. The highest BCUT2D eigenvalue weighted by Gasteiger charge is 2.44. The third-order valence-electron chi connectivity index (χ3n) is 11.2. The van der Waals surface area contributed by atoms with Gasteiger partial charge in [-0.2, -0.15) is 0 Å². The van der Waals surface area contributed by atoms with Gasteiger partial charge in [0, 0.05) is 63.7 Å². The number of unbranched alkanes of at least 4 members (excludes halogenated alkanes) is 3. The smallest absolute Gasteiger partial charge is 0.219 e. The van der Waals surface area contributed by atoms with Gasteiger partial charge in [0.1, 0.15) is 31.2 Å². The normalized spacial score (nSPS) is 13.3. The number of carbonyl (C=O) groups is 2. The number of allylic oxidation sites excluding steroid dienone is 1. The molecule has 1 aliphatic heterocycles. The quantitative estimate of drug-likeness (QED) is 0.0638. The fraction of sp³-hybridized carbons (Fsp3) is 0.292. The Labute approximate surface area is 330 Å². The molecule has 0 fully saturated rings. The number of amides is 1. The number of fused-ring (bicyclic) bond motifs is 2. The monoisotopic (exact) mass is 766 g/mol. The first kappa shape index (κ1) is 39.9. The third kappa shape index (κ3) is 8.72. The van der Waals surface area contributed by atoms with Crippen LogP contribution >= 0.6 is 7.26 Å². The van der Waals surface area contributed by atoms with Crippen LogP contribution < -0.4 is 41.4 Å². The molecule has 5 aromatic rings. The Morgan fingerprint density at radius 2 is 1.24 bits per heavy atom. The van der Waals surface area contributed by atoms with Gasteiger partial charge in [0.25, 0.3) is 0 Å². The van der Waals surface area contributed by atoms with E-state index in [9.17, 15) is 9.59 Å². The van der Waals surface area contributed by atoms with Crippen LogP contribution in [0.1, 0.15) is 60.0 Å². The Morgan fingerprint density at radius 1 is 0.673 bits per heavy atom. The second-order valence-electron chi connectivity index (χ2n) is 15.7. The van der Waals surface area contributed by atoms with Crippen molar-refractivity contribution in [2.24, 2.45) is 0 Å². The van der Waals surface area contributed by atoms with Gasteiger partial charge in [-0.3, -0.25) is 9.59 Å². The maximum absolute atomic E-state index is 14.1. The summed E-state index contributed by atoms with van der Waals surface area (Å²) in [5.41, 5.74) is 4.97. The molecule has 1 heterocycles. The molecule has 0 saturated carbocycles. The molecule has 0 aliphatic carbocycles. The molecular weight excluding hydrogens is 710 g/mol. The molecule has 1 amide bonds. The first-order chi connectivity index (χ1) is 26.5. The van der Waals surface area contributed by atoms with Gasteiger partial charge in [-0.15, -0.1) is 0 Å². The van der Waals surface area contributed by atoms with E-state index in [0.29, 0.717) is 13.0 Å². The van der Waals surface area contributed by atoms with Crippen molar-refractivity contribution in [3.8, 4) is 0 Å². The van der Waals surface area contributed by atoms with Crippen LogP contribution in [0.2, 0.25) is 13.1 Å². The van der Waals surface area contributed by atoms with E-state index in [1.54, 1.807) is 0 Å². The van der Waals surface area contributed by atoms with Crippen molar-refractivity contribution in [3.63, 3.8) is 0 Å². The van der Waals surface area contributed by atoms with Crippen molar-refractivity contribution < 1.29 is 9.59 Å². The Kier molecular flexibility index (Phi) is 12.9. The van der Waals surface area contributed by atoms with Crippen LogP contribution in [-0.4, -0.2) is 60.7 Å². The average Bonchev–Trinajstić information content (AvgIpc) is 3.20. The molecule has 0 aromatic heterocycles. The second-order valence-corrected chi connectivity index (χ2v) is 23.6. The first-order valence-electron chi connectivity index (χ1n) is 19.7. The Balaban J connectivity index is 1.03. The fourth-order valence-electron chi connectivity index (χ4n) is 8.02. The summed E-state index contributed by atoms with van der Waals surface area (Å²) in [4.78, 5) is 31.3. The molecule has 0 spiro atoms. The van der Waals surface area contributed by atoms with E-state index < -0.39 is 15.3 Å². The maximum Gasteiger partial charge on any atom is 0.219 e. The Morgan fingerprint density at radius 3 is 1.80 bits per heavy atom. The van der Waals surface area contributed by atoms with Crippen molar-refractivity contribution in [2.45, 2.75) is 51.6 Å². The summed E-state index contributed by atoms with van der Waals surface area (Å²) in [6.45, 7) is 5.41. The second kappa shape index (κ2) is 17.8. The van der Waals surface area contributed by atoms with Crippen LogP contribution in [0.5, 0.6) is 0 Å². The largest absolute Gasteiger partial charge is 0.378 e. The van der Waals surface area contributed by atoms with Crippen molar-refractivity contribution >= 4 is 70.8 Å². The zero-order chi connectivity index (χ0) is 39.0. The molecule has 0 saturated heterocycles. The molecule has 5 nitrogen and oxygen atoms in total. The van der Waals surface area contributed by atoms with Crippen molar-refractivity contribution in [2.75, 3.05) is 50.7 Å². The minimum atomic E-state index is -2.15. The van der Waals surface area contributed by atoms with Crippen LogP contribution in [-0.2, 0) is 4.79 Å². The highest BCUT2D eigenvalue weighted by Crippen LogP contribution is 2.56.